The van der Waals surface area contributed by atoms with Gasteiger partial charge in [0.2, 0.25) is 5.95 Å². The van der Waals surface area contributed by atoms with Crippen LogP contribution in [-0.4, -0.2) is 9.55 Å². The molecular formula is C17H20N4O. The lowest BCUT2D eigenvalue weighted by Gasteiger charge is -2.36. The Labute approximate surface area is 129 Å². The number of aromatic nitrogens is 2. The zero-order valence-electron chi connectivity index (χ0n) is 12.7. The van der Waals surface area contributed by atoms with Crippen LogP contribution >= 0.6 is 0 Å². The molecule has 0 aliphatic heterocycles. The SMILES string of the molecule is Cn1c(NN)nc2c(c1=O)C1(CCCC1)Cc1ccccc1-2. The average molecular weight is 296 g/mol. The van der Waals surface area contributed by atoms with E-state index in [1.807, 2.05) is 6.07 Å². The molecule has 0 bridgehead atoms. The minimum atomic E-state index is -0.0430. The van der Waals surface area contributed by atoms with Gasteiger partial charge in [-0.2, -0.15) is 0 Å². The van der Waals surface area contributed by atoms with Crippen LogP contribution in [0.2, 0.25) is 0 Å². The van der Waals surface area contributed by atoms with Crippen LogP contribution in [0, 0.1) is 0 Å². The number of nitrogens with two attached hydrogens (primary N) is 1. The smallest absolute Gasteiger partial charge is 0.259 e. The third-order valence-electron chi connectivity index (χ3n) is 5.31. The van der Waals surface area contributed by atoms with E-state index in [9.17, 15) is 4.79 Å². The number of nitrogens with one attached hydrogen (secondary N) is 1. The Morgan fingerprint density at radius 1 is 1.27 bits per heavy atom. The van der Waals surface area contributed by atoms with Crippen molar-refractivity contribution in [3.63, 3.8) is 0 Å². The van der Waals surface area contributed by atoms with E-state index in [0.717, 1.165) is 36.1 Å². The first-order chi connectivity index (χ1) is 10.7. The van der Waals surface area contributed by atoms with Gasteiger partial charge in [0, 0.05) is 18.0 Å². The zero-order valence-corrected chi connectivity index (χ0v) is 12.7. The van der Waals surface area contributed by atoms with E-state index in [2.05, 4.69) is 28.6 Å². The van der Waals surface area contributed by atoms with E-state index in [4.69, 9.17) is 5.84 Å². The number of hydrazine groups is 1. The van der Waals surface area contributed by atoms with Crippen LogP contribution in [0.5, 0.6) is 0 Å². The topological polar surface area (TPSA) is 72.9 Å². The number of rotatable bonds is 1. The summed E-state index contributed by atoms with van der Waals surface area (Å²) in [6.07, 6.45) is 5.45. The maximum atomic E-state index is 13.0. The third-order valence-corrected chi connectivity index (χ3v) is 5.31. The highest BCUT2D eigenvalue weighted by atomic mass is 16.1. The lowest BCUT2D eigenvalue weighted by atomic mass is 9.68. The zero-order chi connectivity index (χ0) is 15.3. The number of fused-ring (bicyclic) bond motifs is 4. The van der Waals surface area contributed by atoms with E-state index in [0.29, 0.717) is 5.95 Å². The first-order valence-electron chi connectivity index (χ1n) is 7.83. The summed E-state index contributed by atoms with van der Waals surface area (Å²) in [6.45, 7) is 0. The molecule has 1 saturated carbocycles. The molecule has 0 radical (unpaired) electrons. The fourth-order valence-corrected chi connectivity index (χ4v) is 4.24. The molecule has 1 aromatic carbocycles. The standard InChI is InChI=1S/C17H20N4O/c1-21-15(22)13-14(19-16(21)20-18)12-7-3-2-6-11(12)10-17(13)8-4-5-9-17/h2-3,6-7H,4-5,8-10,18H2,1H3,(H,19,20). The van der Waals surface area contributed by atoms with Crippen molar-refractivity contribution < 1.29 is 0 Å². The lowest BCUT2D eigenvalue weighted by molar-refractivity contribution is 0.423. The molecule has 1 heterocycles. The van der Waals surface area contributed by atoms with Gasteiger partial charge in [-0.15, -0.1) is 0 Å². The van der Waals surface area contributed by atoms with Gasteiger partial charge in [-0.3, -0.25) is 14.8 Å². The highest BCUT2D eigenvalue weighted by Crippen LogP contribution is 2.49. The van der Waals surface area contributed by atoms with Gasteiger partial charge in [-0.1, -0.05) is 37.1 Å². The fourth-order valence-electron chi connectivity index (χ4n) is 4.24. The molecule has 0 atom stereocenters. The predicted molar refractivity (Wildman–Crippen MR) is 86.6 cm³/mol. The number of hydrogen-bond donors (Lipinski definition) is 2. The van der Waals surface area contributed by atoms with E-state index in [1.54, 1.807) is 7.05 Å². The summed E-state index contributed by atoms with van der Waals surface area (Å²) in [5.41, 5.74) is 6.62. The highest BCUT2D eigenvalue weighted by molar-refractivity contribution is 5.72. The van der Waals surface area contributed by atoms with Crippen LogP contribution in [0.3, 0.4) is 0 Å². The molecule has 1 aromatic heterocycles. The molecule has 0 saturated heterocycles. The summed E-state index contributed by atoms with van der Waals surface area (Å²) >= 11 is 0. The van der Waals surface area contributed by atoms with Crippen molar-refractivity contribution in [2.45, 2.75) is 37.5 Å². The van der Waals surface area contributed by atoms with Gasteiger partial charge >= 0.3 is 0 Å². The van der Waals surface area contributed by atoms with Crippen LogP contribution in [0.4, 0.5) is 5.95 Å². The predicted octanol–water partition coefficient (Wildman–Crippen LogP) is 2.10. The molecule has 5 nitrogen and oxygen atoms in total. The van der Waals surface area contributed by atoms with Gasteiger partial charge in [0.15, 0.2) is 0 Å². The molecule has 2 aliphatic rings. The van der Waals surface area contributed by atoms with Gasteiger partial charge < -0.3 is 0 Å². The normalized spacial score (nSPS) is 18.1. The van der Waals surface area contributed by atoms with Crippen molar-refractivity contribution in [1.29, 1.82) is 0 Å². The van der Waals surface area contributed by atoms with Crippen LogP contribution < -0.4 is 16.8 Å². The van der Waals surface area contributed by atoms with Crippen molar-refractivity contribution in [2.75, 3.05) is 5.43 Å². The Balaban J connectivity index is 2.09. The third kappa shape index (κ3) is 1.69. The molecule has 2 aliphatic carbocycles. The molecule has 2 aromatic rings. The number of nitrogen functional groups attached to an aromatic ring is 1. The summed E-state index contributed by atoms with van der Waals surface area (Å²) in [7, 11) is 1.73. The highest BCUT2D eigenvalue weighted by Gasteiger charge is 2.44. The minimum Gasteiger partial charge on any atom is -0.294 e. The maximum absolute atomic E-state index is 13.0. The van der Waals surface area contributed by atoms with Crippen molar-refractivity contribution in [3.8, 4) is 11.3 Å². The number of hydrogen-bond acceptors (Lipinski definition) is 4. The average Bonchev–Trinajstić information content (AvgIpc) is 2.99. The molecule has 1 fully saturated rings. The van der Waals surface area contributed by atoms with Crippen LogP contribution in [-0.2, 0) is 18.9 Å². The second kappa shape index (κ2) is 4.68. The Morgan fingerprint density at radius 2 is 2.00 bits per heavy atom. The van der Waals surface area contributed by atoms with Crippen molar-refractivity contribution in [1.82, 2.24) is 9.55 Å². The van der Waals surface area contributed by atoms with Gasteiger partial charge in [0.05, 0.1) is 11.3 Å². The molecule has 22 heavy (non-hydrogen) atoms. The Kier molecular flexibility index (Phi) is 2.87. The summed E-state index contributed by atoms with van der Waals surface area (Å²) in [4.78, 5) is 17.7. The number of anilines is 1. The summed E-state index contributed by atoms with van der Waals surface area (Å²) in [5.74, 6) is 5.96. The molecule has 3 N–H and O–H groups in total. The van der Waals surface area contributed by atoms with Crippen molar-refractivity contribution >= 4 is 5.95 Å². The maximum Gasteiger partial charge on any atom is 0.259 e. The first kappa shape index (κ1) is 13.5. The van der Waals surface area contributed by atoms with E-state index in [1.165, 1.54) is 23.0 Å². The molecular weight excluding hydrogens is 276 g/mol. The molecule has 0 amide bonds. The number of benzene rings is 1. The second-order valence-corrected chi connectivity index (χ2v) is 6.49. The van der Waals surface area contributed by atoms with E-state index < -0.39 is 0 Å². The van der Waals surface area contributed by atoms with Crippen LogP contribution in [0.15, 0.2) is 29.1 Å². The molecule has 4 rings (SSSR count). The van der Waals surface area contributed by atoms with Gasteiger partial charge in [0.25, 0.3) is 5.56 Å². The Hall–Kier alpha value is -2.14. The van der Waals surface area contributed by atoms with Gasteiger partial charge in [-0.05, 0) is 24.8 Å². The first-order valence-corrected chi connectivity index (χ1v) is 7.83. The second-order valence-electron chi connectivity index (χ2n) is 6.49. The molecule has 1 spiro atoms. The van der Waals surface area contributed by atoms with E-state index in [-0.39, 0.29) is 11.0 Å². The molecule has 5 heteroatoms. The summed E-state index contributed by atoms with van der Waals surface area (Å²) in [5, 5.41) is 0. The van der Waals surface area contributed by atoms with Crippen molar-refractivity contribution in [2.24, 2.45) is 12.9 Å². The monoisotopic (exact) mass is 296 g/mol. The van der Waals surface area contributed by atoms with Crippen LogP contribution in [0.25, 0.3) is 11.3 Å². The Morgan fingerprint density at radius 3 is 2.73 bits per heavy atom. The fraction of sp³-hybridized carbons (Fsp3) is 0.412. The minimum absolute atomic E-state index is 0.0364. The summed E-state index contributed by atoms with van der Waals surface area (Å²) in [6, 6.07) is 8.29. The van der Waals surface area contributed by atoms with Gasteiger partial charge in [-0.25, -0.2) is 10.8 Å². The number of nitrogens with zero attached hydrogens (tertiary/aromatic N) is 2. The quantitative estimate of drug-likeness (QED) is 0.624. The molecule has 114 valence electrons. The van der Waals surface area contributed by atoms with Crippen molar-refractivity contribution in [3.05, 3.63) is 45.7 Å². The summed E-state index contributed by atoms with van der Waals surface area (Å²) < 4.78 is 1.53. The van der Waals surface area contributed by atoms with Gasteiger partial charge in [0.1, 0.15) is 0 Å². The molecule has 0 unspecified atom stereocenters. The van der Waals surface area contributed by atoms with E-state index >= 15 is 0 Å². The van der Waals surface area contributed by atoms with Crippen LogP contribution in [0.1, 0.15) is 36.8 Å². The largest absolute Gasteiger partial charge is 0.294 e. The lowest BCUT2D eigenvalue weighted by Crippen LogP contribution is -2.40. The Bertz CT molecular complexity index is 803.